The van der Waals surface area contributed by atoms with Crippen LogP contribution in [-0.4, -0.2) is 45.5 Å². The summed E-state index contributed by atoms with van der Waals surface area (Å²) in [4.78, 5) is 15.6. The van der Waals surface area contributed by atoms with Gasteiger partial charge in [-0.2, -0.15) is 5.10 Å². The third kappa shape index (κ3) is 4.38. The Hall–Kier alpha value is -3.16. The molecule has 1 aromatic heterocycles. The molecule has 0 bridgehead atoms. The second-order valence-electron chi connectivity index (χ2n) is 8.79. The van der Waals surface area contributed by atoms with Crippen molar-refractivity contribution >= 4 is 5.91 Å². The highest BCUT2D eigenvalue weighted by Crippen LogP contribution is 2.32. The number of ether oxygens (including phenoxy) is 1. The monoisotopic (exact) mass is 446 g/mol. The van der Waals surface area contributed by atoms with E-state index in [9.17, 15) is 9.90 Å². The van der Waals surface area contributed by atoms with E-state index in [1.807, 2.05) is 37.3 Å². The van der Waals surface area contributed by atoms with E-state index in [0.29, 0.717) is 18.8 Å². The highest BCUT2D eigenvalue weighted by atomic mass is 16.5. The first-order valence-corrected chi connectivity index (χ1v) is 11.6. The molecule has 7 heteroatoms. The van der Waals surface area contributed by atoms with Crippen molar-refractivity contribution in [1.82, 2.24) is 20.0 Å². The molecule has 3 aromatic rings. The number of carbonyl (C=O) groups is 1. The Labute approximate surface area is 194 Å². The van der Waals surface area contributed by atoms with Gasteiger partial charge in [0.1, 0.15) is 5.75 Å². The van der Waals surface area contributed by atoms with E-state index >= 15 is 0 Å². The van der Waals surface area contributed by atoms with E-state index in [-0.39, 0.29) is 18.6 Å². The van der Waals surface area contributed by atoms with Crippen LogP contribution in [0.3, 0.4) is 0 Å². The molecule has 172 valence electrons. The molecule has 3 heterocycles. The molecule has 0 spiro atoms. The molecular formula is C26H30N4O3. The number of nitrogens with zero attached hydrogens (tertiary/aromatic N) is 3. The van der Waals surface area contributed by atoms with E-state index < -0.39 is 0 Å². The van der Waals surface area contributed by atoms with Crippen LogP contribution in [0.25, 0.3) is 0 Å². The molecule has 1 amide bonds. The summed E-state index contributed by atoms with van der Waals surface area (Å²) in [5.74, 6) is 0.846. The summed E-state index contributed by atoms with van der Waals surface area (Å²) < 4.78 is 7.69. The van der Waals surface area contributed by atoms with Crippen molar-refractivity contribution in [3.05, 3.63) is 82.2 Å². The Morgan fingerprint density at radius 1 is 1.18 bits per heavy atom. The molecule has 5 rings (SSSR count). The number of aliphatic hydroxyl groups is 1. The quantitative estimate of drug-likeness (QED) is 0.584. The molecular weight excluding hydrogens is 416 g/mol. The van der Waals surface area contributed by atoms with Crippen LogP contribution in [-0.2, 0) is 32.5 Å². The minimum absolute atomic E-state index is 0.00714. The number of hydrogen-bond donors (Lipinski definition) is 2. The number of para-hydroxylation sites is 1. The lowest BCUT2D eigenvalue weighted by Gasteiger charge is -2.28. The zero-order chi connectivity index (χ0) is 22.8. The molecule has 0 radical (unpaired) electrons. The number of amides is 1. The van der Waals surface area contributed by atoms with E-state index in [1.165, 1.54) is 11.1 Å². The maximum absolute atomic E-state index is 13.2. The number of hydrogen-bond acceptors (Lipinski definition) is 5. The van der Waals surface area contributed by atoms with Crippen molar-refractivity contribution in [1.29, 1.82) is 0 Å². The zero-order valence-electron chi connectivity index (χ0n) is 19.0. The molecule has 0 fully saturated rings. The molecule has 2 aliphatic rings. The number of nitrogens with one attached hydrogen (secondary N) is 1. The van der Waals surface area contributed by atoms with Crippen LogP contribution in [0.5, 0.6) is 5.75 Å². The van der Waals surface area contributed by atoms with Gasteiger partial charge in [-0.3, -0.25) is 14.4 Å². The van der Waals surface area contributed by atoms with Gasteiger partial charge in [0.05, 0.1) is 25.8 Å². The third-order valence-corrected chi connectivity index (χ3v) is 6.58. The second-order valence-corrected chi connectivity index (χ2v) is 8.79. The van der Waals surface area contributed by atoms with Gasteiger partial charge < -0.3 is 15.2 Å². The van der Waals surface area contributed by atoms with Gasteiger partial charge in [0.15, 0.2) is 5.69 Å². The van der Waals surface area contributed by atoms with Crippen molar-refractivity contribution < 1.29 is 14.6 Å². The van der Waals surface area contributed by atoms with E-state index in [4.69, 9.17) is 4.74 Å². The number of aliphatic hydroxyl groups excluding tert-OH is 1. The van der Waals surface area contributed by atoms with Crippen LogP contribution in [0, 0.1) is 0 Å². The predicted octanol–water partition coefficient (Wildman–Crippen LogP) is 2.86. The van der Waals surface area contributed by atoms with E-state index in [2.05, 4.69) is 33.5 Å². The van der Waals surface area contributed by atoms with Crippen molar-refractivity contribution in [3.63, 3.8) is 0 Å². The SMILES string of the molecule is CC(NC(=O)c1nn(CCO)c2c1CN(Cc1cccc3c1OCC3)CC2)c1ccccc1. The van der Waals surface area contributed by atoms with Crippen molar-refractivity contribution in [3.8, 4) is 5.75 Å². The fourth-order valence-corrected chi connectivity index (χ4v) is 4.88. The fraction of sp³-hybridized carbons (Fsp3) is 0.385. The summed E-state index contributed by atoms with van der Waals surface area (Å²) in [6, 6.07) is 16.2. The number of carbonyl (C=O) groups excluding carboxylic acids is 1. The standard InChI is InChI=1S/C26H30N4O3/c1-18(19-6-3-2-4-7-19)27-26(32)24-22-17-29(12-10-23(22)30(28-24)13-14-31)16-21-9-5-8-20-11-15-33-25(20)21/h2-9,18,31H,10-17H2,1H3,(H,27,32). The van der Waals surface area contributed by atoms with Gasteiger partial charge in [-0.05, 0) is 18.1 Å². The lowest BCUT2D eigenvalue weighted by molar-refractivity contribution is 0.0931. The van der Waals surface area contributed by atoms with Crippen molar-refractivity contribution in [2.24, 2.45) is 0 Å². The lowest BCUT2D eigenvalue weighted by Crippen LogP contribution is -2.33. The molecule has 2 N–H and O–H groups in total. The normalized spacial score (nSPS) is 16.1. The Bertz CT molecular complexity index is 1140. The fourth-order valence-electron chi connectivity index (χ4n) is 4.88. The zero-order valence-corrected chi connectivity index (χ0v) is 19.0. The number of rotatable bonds is 7. The third-order valence-electron chi connectivity index (χ3n) is 6.58. The Balaban J connectivity index is 1.37. The number of fused-ring (bicyclic) bond motifs is 2. The summed E-state index contributed by atoms with van der Waals surface area (Å²) in [7, 11) is 0. The van der Waals surface area contributed by atoms with Crippen LogP contribution >= 0.6 is 0 Å². The Morgan fingerprint density at radius 2 is 2.03 bits per heavy atom. The molecule has 1 unspecified atom stereocenters. The summed E-state index contributed by atoms with van der Waals surface area (Å²) >= 11 is 0. The van der Waals surface area contributed by atoms with Crippen LogP contribution in [0.15, 0.2) is 48.5 Å². The van der Waals surface area contributed by atoms with Gasteiger partial charge >= 0.3 is 0 Å². The predicted molar refractivity (Wildman–Crippen MR) is 125 cm³/mol. The highest BCUT2D eigenvalue weighted by molar-refractivity contribution is 5.94. The smallest absolute Gasteiger partial charge is 0.272 e. The lowest BCUT2D eigenvalue weighted by atomic mass is 10.0. The summed E-state index contributed by atoms with van der Waals surface area (Å²) in [6.45, 7) is 5.40. The van der Waals surface area contributed by atoms with Crippen molar-refractivity contribution in [2.75, 3.05) is 19.8 Å². The second kappa shape index (κ2) is 9.37. The first-order valence-electron chi connectivity index (χ1n) is 11.6. The summed E-state index contributed by atoms with van der Waals surface area (Å²) in [6.07, 6.45) is 1.75. The Kier molecular flexibility index (Phi) is 6.15. The van der Waals surface area contributed by atoms with E-state index in [1.54, 1.807) is 4.68 Å². The van der Waals surface area contributed by atoms with E-state index in [0.717, 1.165) is 55.1 Å². The van der Waals surface area contributed by atoms with Gasteiger partial charge in [0.2, 0.25) is 0 Å². The first kappa shape index (κ1) is 21.7. The van der Waals surface area contributed by atoms with Gasteiger partial charge in [-0.15, -0.1) is 0 Å². The molecule has 33 heavy (non-hydrogen) atoms. The van der Waals surface area contributed by atoms with Crippen LogP contribution in [0.4, 0.5) is 0 Å². The maximum atomic E-state index is 13.2. The average Bonchev–Trinajstić information content (AvgIpc) is 3.45. The molecule has 0 saturated heterocycles. The first-order chi connectivity index (χ1) is 16.1. The highest BCUT2D eigenvalue weighted by Gasteiger charge is 2.29. The minimum atomic E-state index is -0.176. The maximum Gasteiger partial charge on any atom is 0.272 e. The summed E-state index contributed by atoms with van der Waals surface area (Å²) in [5, 5.41) is 17.2. The number of aromatic nitrogens is 2. The van der Waals surface area contributed by atoms with Gasteiger partial charge in [0.25, 0.3) is 5.91 Å². The van der Waals surface area contributed by atoms with Crippen LogP contribution in [0.1, 0.15) is 51.4 Å². The average molecular weight is 447 g/mol. The topological polar surface area (TPSA) is 79.6 Å². The summed E-state index contributed by atoms with van der Waals surface area (Å²) in [5.41, 5.74) is 5.98. The Morgan fingerprint density at radius 3 is 2.85 bits per heavy atom. The van der Waals surface area contributed by atoms with Crippen molar-refractivity contribution in [2.45, 2.75) is 45.4 Å². The molecule has 2 aromatic carbocycles. The molecule has 1 atom stereocenters. The van der Waals surface area contributed by atoms with Gasteiger partial charge in [0, 0.05) is 49.3 Å². The molecule has 0 saturated carbocycles. The number of benzene rings is 2. The van der Waals surface area contributed by atoms with Crippen LogP contribution < -0.4 is 10.1 Å². The minimum Gasteiger partial charge on any atom is -0.493 e. The van der Waals surface area contributed by atoms with Crippen LogP contribution in [0.2, 0.25) is 0 Å². The molecule has 2 aliphatic heterocycles. The van der Waals surface area contributed by atoms with Gasteiger partial charge in [-0.25, -0.2) is 0 Å². The molecule has 7 nitrogen and oxygen atoms in total. The van der Waals surface area contributed by atoms with Gasteiger partial charge in [-0.1, -0.05) is 48.5 Å². The largest absolute Gasteiger partial charge is 0.493 e. The molecule has 0 aliphatic carbocycles.